The van der Waals surface area contributed by atoms with E-state index in [1.165, 1.54) is 12.3 Å². The van der Waals surface area contributed by atoms with Crippen molar-refractivity contribution in [2.75, 3.05) is 10.5 Å². The van der Waals surface area contributed by atoms with Gasteiger partial charge in [-0.1, -0.05) is 13.3 Å². The van der Waals surface area contributed by atoms with Crippen molar-refractivity contribution in [3.63, 3.8) is 0 Å². The summed E-state index contributed by atoms with van der Waals surface area (Å²) in [7, 11) is -2.66. The van der Waals surface area contributed by atoms with E-state index in [1.807, 2.05) is 0 Å². The molecule has 34 heavy (non-hydrogen) atoms. The third-order valence-corrected chi connectivity index (χ3v) is 7.32. The molecule has 0 aliphatic heterocycles. The predicted molar refractivity (Wildman–Crippen MR) is 130 cm³/mol. The summed E-state index contributed by atoms with van der Waals surface area (Å²) in [5.74, 6) is 2.69. The molecule has 2 aromatic heterocycles. The average Bonchev–Trinajstić information content (AvgIpc) is 2.76. The molecule has 0 spiro atoms. The summed E-state index contributed by atoms with van der Waals surface area (Å²) >= 11 is 0. The first-order chi connectivity index (χ1) is 16.1. The number of nitrogens with one attached hydrogen (secondary N) is 1. The molecule has 1 aliphatic carbocycles. The first-order valence-corrected chi connectivity index (χ1v) is 12.9. The lowest BCUT2D eigenvalue weighted by molar-refractivity contribution is 0.273. The van der Waals surface area contributed by atoms with Crippen molar-refractivity contribution in [2.45, 2.75) is 39.7 Å². The number of anilines is 1. The number of hydrogen-bond donors (Lipinski definition) is 1. The lowest BCUT2D eigenvalue weighted by Gasteiger charge is -2.26. The van der Waals surface area contributed by atoms with E-state index in [2.05, 4.69) is 20.6 Å². The van der Waals surface area contributed by atoms with Crippen LogP contribution in [-0.4, -0.2) is 30.4 Å². The number of hydrogen-bond acceptors (Lipinski definition) is 5. The van der Waals surface area contributed by atoms with Crippen molar-refractivity contribution in [3.05, 3.63) is 64.2 Å². The Balaban J connectivity index is 1.81. The van der Waals surface area contributed by atoms with Crippen LogP contribution in [0.2, 0.25) is 0 Å². The Labute approximate surface area is 197 Å². The molecule has 1 fully saturated rings. The third-order valence-electron chi connectivity index (χ3n) is 5.83. The molecular formula is C24H26F2N4O3S. The van der Waals surface area contributed by atoms with E-state index in [-0.39, 0.29) is 34.5 Å². The van der Waals surface area contributed by atoms with Crippen LogP contribution in [0.5, 0.6) is 11.5 Å². The lowest BCUT2D eigenvalue weighted by atomic mass is 9.85. The summed E-state index contributed by atoms with van der Waals surface area (Å²) in [6.45, 7) is 4.02. The summed E-state index contributed by atoms with van der Waals surface area (Å²) < 4.78 is 50.2. The van der Waals surface area contributed by atoms with Gasteiger partial charge in [0.2, 0.25) is 5.95 Å². The highest BCUT2D eigenvalue weighted by atomic mass is 32.2. The van der Waals surface area contributed by atoms with Gasteiger partial charge in [0.25, 0.3) is 5.56 Å². The maximum absolute atomic E-state index is 14.3. The third kappa shape index (κ3) is 5.27. The molecule has 10 heteroatoms. The quantitative estimate of drug-likeness (QED) is 0.470. The highest BCUT2D eigenvalue weighted by molar-refractivity contribution is 8.01. The number of ether oxygens (including phenoxy) is 1. The second kappa shape index (κ2) is 9.54. The summed E-state index contributed by atoms with van der Waals surface area (Å²) in [6.07, 6.45) is 6.31. The first kappa shape index (κ1) is 23.9. The van der Waals surface area contributed by atoms with E-state index in [4.69, 9.17) is 4.74 Å². The largest absolute Gasteiger partial charge is 0.450 e. The monoisotopic (exact) mass is 488 g/mol. The van der Waals surface area contributed by atoms with Gasteiger partial charge >= 0.3 is 0 Å². The molecule has 3 aromatic rings. The Hall–Kier alpha value is -3.27. The van der Waals surface area contributed by atoms with E-state index in [0.29, 0.717) is 29.7 Å². The number of aromatic nitrogens is 3. The molecule has 2 heterocycles. The first-order valence-electron chi connectivity index (χ1n) is 11.0. The number of pyridine rings is 1. The number of rotatable bonds is 8. The summed E-state index contributed by atoms with van der Waals surface area (Å²) in [5, 5.41) is 0. The van der Waals surface area contributed by atoms with E-state index < -0.39 is 21.3 Å². The van der Waals surface area contributed by atoms with E-state index in [1.54, 1.807) is 30.7 Å². The van der Waals surface area contributed by atoms with Crippen molar-refractivity contribution in [2.24, 2.45) is 5.92 Å². The molecule has 7 nitrogen and oxygen atoms in total. The van der Waals surface area contributed by atoms with Crippen molar-refractivity contribution >= 4 is 21.5 Å². The normalized spacial score (nSPS) is 15.4. The van der Waals surface area contributed by atoms with Gasteiger partial charge in [-0.15, -0.1) is 0 Å². The van der Waals surface area contributed by atoms with Crippen LogP contribution in [0.4, 0.5) is 14.7 Å². The second-order valence-corrected chi connectivity index (χ2v) is 10.9. The van der Waals surface area contributed by atoms with Crippen LogP contribution >= 0.6 is 0 Å². The van der Waals surface area contributed by atoms with Crippen molar-refractivity contribution in [1.29, 1.82) is 0 Å². The zero-order valence-electron chi connectivity index (χ0n) is 19.0. The smallest absolute Gasteiger partial charge is 0.253 e. The average molecular weight is 489 g/mol. The summed E-state index contributed by atoms with van der Waals surface area (Å²) in [5.41, 5.74) is 1.23. The molecule has 1 saturated carbocycles. The summed E-state index contributed by atoms with van der Waals surface area (Å²) in [4.78, 5) is 21.3. The Morgan fingerprint density at radius 1 is 1.26 bits per heavy atom. The molecule has 0 bridgehead atoms. The second-order valence-electron chi connectivity index (χ2n) is 8.45. The summed E-state index contributed by atoms with van der Waals surface area (Å²) in [6, 6.07) is 4.63. The number of nitrogens with zero attached hydrogens (tertiary/aromatic N) is 3. The van der Waals surface area contributed by atoms with Crippen LogP contribution in [0.25, 0.3) is 11.3 Å². The standard InChI is InChI=1S/C24H26F2N4O3S/c1-4-34(3,32)29-24-27-12-21(33-20-9-8-18(25)11-19(20)26)22(28-24)17-10-15(2)23(31)30(14-17)13-16-6-5-7-16/h8-12,14,16H,3-7,13H2,1-2H3,(H,27,28,29,32). The number of benzene rings is 1. The van der Waals surface area contributed by atoms with Crippen LogP contribution in [-0.2, 0) is 16.3 Å². The van der Waals surface area contributed by atoms with Gasteiger partial charge in [-0.3, -0.25) is 9.52 Å². The number of halogens is 2. The molecule has 1 aromatic carbocycles. The fourth-order valence-electron chi connectivity index (χ4n) is 3.62. The molecule has 0 radical (unpaired) electrons. The Kier molecular flexibility index (Phi) is 6.70. The van der Waals surface area contributed by atoms with E-state index >= 15 is 0 Å². The van der Waals surface area contributed by atoms with Crippen LogP contribution in [0.1, 0.15) is 31.7 Å². The van der Waals surface area contributed by atoms with E-state index in [0.717, 1.165) is 25.3 Å². The minimum Gasteiger partial charge on any atom is -0.450 e. The van der Waals surface area contributed by atoms with Gasteiger partial charge in [0, 0.05) is 45.4 Å². The SMILES string of the molecule is C=S(=O)(CC)Nc1ncc(Oc2ccc(F)cc2F)c(-c2cc(C)c(=O)n(CC3CCC3)c2)n1. The molecule has 0 saturated heterocycles. The van der Waals surface area contributed by atoms with Crippen LogP contribution in [0.15, 0.2) is 41.5 Å². The van der Waals surface area contributed by atoms with Gasteiger partial charge in [-0.25, -0.2) is 23.0 Å². The fraction of sp³-hybridized carbons (Fsp3) is 0.333. The lowest BCUT2D eigenvalue weighted by Crippen LogP contribution is -2.28. The van der Waals surface area contributed by atoms with Crippen molar-refractivity contribution in [3.8, 4) is 22.8 Å². The minimum atomic E-state index is -2.66. The van der Waals surface area contributed by atoms with Crippen LogP contribution in [0.3, 0.4) is 0 Å². The van der Waals surface area contributed by atoms with Gasteiger partial charge in [0.1, 0.15) is 11.5 Å². The molecule has 180 valence electrons. The maximum atomic E-state index is 14.3. The minimum absolute atomic E-state index is 0.0539. The molecule has 1 N–H and O–H groups in total. The molecule has 1 atom stereocenters. The van der Waals surface area contributed by atoms with Gasteiger partial charge < -0.3 is 9.30 Å². The van der Waals surface area contributed by atoms with Crippen LogP contribution in [0, 0.1) is 24.5 Å². The molecule has 1 aliphatic rings. The Morgan fingerprint density at radius 2 is 2.03 bits per heavy atom. The maximum Gasteiger partial charge on any atom is 0.253 e. The molecule has 1 unspecified atom stereocenters. The van der Waals surface area contributed by atoms with Gasteiger partial charge in [0.05, 0.1) is 6.20 Å². The topological polar surface area (TPSA) is 86.1 Å². The molecule has 4 rings (SSSR count). The van der Waals surface area contributed by atoms with Crippen molar-refractivity contribution in [1.82, 2.24) is 14.5 Å². The van der Waals surface area contributed by atoms with E-state index in [9.17, 15) is 17.8 Å². The van der Waals surface area contributed by atoms with Gasteiger partial charge in [-0.2, -0.15) is 0 Å². The molecule has 0 amide bonds. The Morgan fingerprint density at radius 3 is 2.68 bits per heavy atom. The fourth-order valence-corrected chi connectivity index (χ4v) is 4.20. The zero-order chi connectivity index (χ0) is 24.5. The van der Waals surface area contributed by atoms with Crippen molar-refractivity contribution < 1.29 is 17.7 Å². The van der Waals surface area contributed by atoms with Crippen LogP contribution < -0.4 is 15.0 Å². The van der Waals surface area contributed by atoms with Gasteiger partial charge in [-0.05, 0) is 49.8 Å². The highest BCUT2D eigenvalue weighted by Gasteiger charge is 2.21. The highest BCUT2D eigenvalue weighted by Crippen LogP contribution is 2.34. The zero-order valence-corrected chi connectivity index (χ0v) is 19.8. The van der Waals surface area contributed by atoms with Gasteiger partial charge in [0.15, 0.2) is 17.3 Å². The number of aryl methyl sites for hydroxylation is 1. The molecular weight excluding hydrogens is 462 g/mol. The predicted octanol–water partition coefficient (Wildman–Crippen LogP) is 4.55. The Bertz CT molecular complexity index is 1390.